The van der Waals surface area contributed by atoms with E-state index < -0.39 is 17.1 Å². The van der Waals surface area contributed by atoms with Gasteiger partial charge in [-0.1, -0.05) is 18.7 Å². The zero-order chi connectivity index (χ0) is 16.0. The van der Waals surface area contributed by atoms with Crippen LogP contribution in [0.15, 0.2) is 16.0 Å². The van der Waals surface area contributed by atoms with Crippen LogP contribution in [0.5, 0.6) is 5.88 Å². The quantitative estimate of drug-likeness (QED) is 0.389. The number of carbonyl (C=O) groups excluding carboxylic acids is 1. The van der Waals surface area contributed by atoms with E-state index in [4.69, 9.17) is 4.74 Å². The number of aromatic amines is 1. The molecule has 21 heavy (non-hydrogen) atoms. The van der Waals surface area contributed by atoms with Crippen LogP contribution >= 0.6 is 11.8 Å². The van der Waals surface area contributed by atoms with E-state index >= 15 is 0 Å². The van der Waals surface area contributed by atoms with Gasteiger partial charge in [0.2, 0.25) is 5.88 Å². The zero-order valence-electron chi connectivity index (χ0n) is 12.3. The fourth-order valence-electron chi connectivity index (χ4n) is 1.23. The maximum absolute atomic E-state index is 11.7. The van der Waals surface area contributed by atoms with Crippen molar-refractivity contribution < 1.29 is 19.7 Å². The number of aromatic nitrogens is 2. The number of ether oxygens (including phenoxy) is 1. The van der Waals surface area contributed by atoms with Crippen molar-refractivity contribution >= 4 is 17.7 Å². The van der Waals surface area contributed by atoms with E-state index in [1.165, 1.54) is 0 Å². The van der Waals surface area contributed by atoms with Gasteiger partial charge in [-0.25, -0.2) is 0 Å². The zero-order valence-corrected chi connectivity index (χ0v) is 13.1. The molecule has 1 atom stereocenters. The van der Waals surface area contributed by atoms with E-state index in [2.05, 4.69) is 9.97 Å². The van der Waals surface area contributed by atoms with E-state index in [9.17, 15) is 19.8 Å². The second kappa shape index (κ2) is 7.46. The summed E-state index contributed by atoms with van der Waals surface area (Å²) < 4.78 is 5.05. The molecule has 0 aliphatic rings. The molecule has 0 saturated heterocycles. The van der Waals surface area contributed by atoms with Crippen molar-refractivity contribution in [3.05, 3.63) is 16.4 Å². The molecule has 7 nitrogen and oxygen atoms in total. The summed E-state index contributed by atoms with van der Waals surface area (Å²) in [4.78, 5) is 29.0. The fraction of sp³-hybridized carbons (Fsp3) is 0.615. The Morgan fingerprint density at radius 1 is 1.57 bits per heavy atom. The lowest BCUT2D eigenvalue weighted by atomic mass is 9.91. The third-order valence-electron chi connectivity index (χ3n) is 2.96. The van der Waals surface area contributed by atoms with Crippen LogP contribution in [0.3, 0.4) is 0 Å². The fourth-order valence-corrected chi connectivity index (χ4v) is 2.00. The minimum absolute atomic E-state index is 0.127. The number of esters is 1. The summed E-state index contributed by atoms with van der Waals surface area (Å²) in [6.45, 7) is 5.31. The van der Waals surface area contributed by atoms with Crippen LogP contribution in [0.2, 0.25) is 0 Å². The van der Waals surface area contributed by atoms with Gasteiger partial charge in [0, 0.05) is 5.75 Å². The number of thioether (sulfide) groups is 1. The van der Waals surface area contributed by atoms with Crippen LogP contribution in [0.25, 0.3) is 0 Å². The molecule has 1 unspecified atom stereocenters. The van der Waals surface area contributed by atoms with E-state index in [0.29, 0.717) is 6.42 Å². The van der Waals surface area contributed by atoms with E-state index in [0.717, 1.165) is 17.8 Å². The topological polar surface area (TPSA) is 113 Å². The number of hydrogen-bond acceptors (Lipinski definition) is 7. The van der Waals surface area contributed by atoms with Crippen molar-refractivity contribution in [3.8, 4) is 5.88 Å². The third kappa shape index (κ3) is 5.76. The first-order valence-corrected chi connectivity index (χ1v) is 7.51. The highest BCUT2D eigenvalue weighted by Gasteiger charge is 2.27. The molecule has 0 fully saturated rings. The predicted molar refractivity (Wildman–Crippen MR) is 78.3 cm³/mol. The molecule has 0 spiro atoms. The van der Waals surface area contributed by atoms with Gasteiger partial charge < -0.3 is 19.9 Å². The molecule has 0 radical (unpaired) electrons. The first-order valence-electron chi connectivity index (χ1n) is 6.53. The largest absolute Gasteiger partial charge is 0.493 e. The van der Waals surface area contributed by atoms with Crippen LogP contribution in [-0.2, 0) is 9.53 Å². The van der Waals surface area contributed by atoms with Crippen molar-refractivity contribution in [2.75, 3.05) is 12.4 Å². The Hall–Kier alpha value is -1.54. The number of rotatable bonds is 7. The summed E-state index contributed by atoms with van der Waals surface area (Å²) in [6.07, 6.45) is -0.246. The molecule has 0 aromatic carbocycles. The van der Waals surface area contributed by atoms with Crippen molar-refractivity contribution in [2.45, 2.75) is 38.5 Å². The first-order chi connectivity index (χ1) is 9.74. The second-order valence-electron chi connectivity index (χ2n) is 5.21. The lowest BCUT2D eigenvalue weighted by Crippen LogP contribution is -2.29. The summed E-state index contributed by atoms with van der Waals surface area (Å²) in [5.41, 5.74) is -1.05. The van der Waals surface area contributed by atoms with Crippen molar-refractivity contribution in [3.63, 3.8) is 0 Å². The van der Waals surface area contributed by atoms with Gasteiger partial charge in [0.05, 0.1) is 17.6 Å². The van der Waals surface area contributed by atoms with Gasteiger partial charge in [-0.2, -0.15) is 4.98 Å². The molecule has 1 aromatic rings. The molecule has 0 bridgehead atoms. The highest BCUT2D eigenvalue weighted by molar-refractivity contribution is 7.99. The van der Waals surface area contributed by atoms with Gasteiger partial charge in [0.15, 0.2) is 5.16 Å². The lowest BCUT2D eigenvalue weighted by molar-refractivity contribution is -0.156. The highest BCUT2D eigenvalue weighted by Crippen LogP contribution is 2.22. The van der Waals surface area contributed by atoms with Crippen LogP contribution in [0.4, 0.5) is 0 Å². The molecular formula is C13H20N2O5S. The maximum Gasteiger partial charge on any atom is 0.311 e. The first kappa shape index (κ1) is 17.5. The summed E-state index contributed by atoms with van der Waals surface area (Å²) in [7, 11) is 0. The number of aliphatic hydroxyl groups excluding tert-OH is 1. The summed E-state index contributed by atoms with van der Waals surface area (Å²) in [6, 6.07) is 0.953. The second-order valence-corrected chi connectivity index (χ2v) is 6.22. The van der Waals surface area contributed by atoms with Crippen molar-refractivity contribution in [2.24, 2.45) is 5.41 Å². The normalized spacial score (nSPS) is 13.0. The Morgan fingerprint density at radius 3 is 2.81 bits per heavy atom. The maximum atomic E-state index is 11.7. The lowest BCUT2D eigenvalue weighted by Gasteiger charge is -2.21. The van der Waals surface area contributed by atoms with Crippen LogP contribution in [0, 0.1) is 5.41 Å². The van der Waals surface area contributed by atoms with Crippen molar-refractivity contribution in [1.82, 2.24) is 9.97 Å². The molecule has 1 aromatic heterocycles. The number of carbonyl (C=O) groups is 1. The Balaban J connectivity index is 2.42. The molecule has 118 valence electrons. The van der Waals surface area contributed by atoms with Crippen LogP contribution < -0.4 is 5.56 Å². The smallest absolute Gasteiger partial charge is 0.311 e. The van der Waals surface area contributed by atoms with Gasteiger partial charge in [-0.05, 0) is 20.3 Å². The highest BCUT2D eigenvalue weighted by atomic mass is 32.2. The molecule has 8 heteroatoms. The molecular weight excluding hydrogens is 296 g/mol. The number of H-pyrrole nitrogens is 1. The summed E-state index contributed by atoms with van der Waals surface area (Å²) in [5, 5.41) is 19.1. The SMILES string of the molecule is CCC(C)(C)C(=O)OCC(O)CSc1nc(O)cc(=O)[nH]1. The minimum atomic E-state index is -0.890. The Morgan fingerprint density at radius 2 is 2.24 bits per heavy atom. The molecule has 3 N–H and O–H groups in total. The predicted octanol–water partition coefficient (Wildman–Crippen LogP) is 0.908. The number of nitrogens with zero attached hydrogens (tertiary/aromatic N) is 1. The number of aromatic hydroxyl groups is 1. The Labute approximate surface area is 126 Å². The number of nitrogens with one attached hydrogen (secondary N) is 1. The van der Waals surface area contributed by atoms with Gasteiger partial charge in [0.25, 0.3) is 5.56 Å². The molecule has 1 rings (SSSR count). The molecule has 0 saturated carbocycles. The van der Waals surface area contributed by atoms with Crippen molar-refractivity contribution in [1.29, 1.82) is 0 Å². The van der Waals surface area contributed by atoms with Crippen LogP contribution in [-0.4, -0.2) is 44.6 Å². The summed E-state index contributed by atoms with van der Waals surface area (Å²) >= 11 is 1.05. The van der Waals surface area contributed by atoms with Gasteiger partial charge in [-0.15, -0.1) is 0 Å². The number of hydrogen-bond donors (Lipinski definition) is 3. The minimum Gasteiger partial charge on any atom is -0.493 e. The third-order valence-corrected chi connectivity index (χ3v) is 3.98. The Bertz CT molecular complexity index is 544. The average Bonchev–Trinajstić information content (AvgIpc) is 2.41. The number of aliphatic hydroxyl groups is 1. The van der Waals surface area contributed by atoms with Gasteiger partial charge >= 0.3 is 5.97 Å². The van der Waals surface area contributed by atoms with Gasteiger partial charge in [0.1, 0.15) is 6.61 Å². The molecule has 0 aliphatic heterocycles. The van der Waals surface area contributed by atoms with E-state index in [-0.39, 0.29) is 29.4 Å². The monoisotopic (exact) mass is 316 g/mol. The van der Waals surface area contributed by atoms with E-state index in [1.54, 1.807) is 13.8 Å². The average molecular weight is 316 g/mol. The Kier molecular flexibility index (Phi) is 6.22. The standard InChI is InChI=1S/C13H20N2O5S/c1-4-13(2,3)11(19)20-6-8(16)7-21-12-14-9(17)5-10(18)15-12/h5,8,16H,4,6-7H2,1-3H3,(H2,14,15,17,18). The van der Waals surface area contributed by atoms with Crippen LogP contribution in [0.1, 0.15) is 27.2 Å². The molecule has 0 amide bonds. The van der Waals surface area contributed by atoms with Gasteiger partial charge in [-0.3, -0.25) is 9.59 Å². The molecule has 0 aliphatic carbocycles. The molecule has 1 heterocycles. The summed E-state index contributed by atoms with van der Waals surface area (Å²) in [5.74, 6) is -0.573. The van der Waals surface area contributed by atoms with E-state index in [1.807, 2.05) is 6.92 Å².